The summed E-state index contributed by atoms with van der Waals surface area (Å²) in [7, 11) is -5.84. The van der Waals surface area contributed by atoms with Gasteiger partial charge in [0.2, 0.25) is 0 Å². The fourth-order valence-corrected chi connectivity index (χ4v) is 0. The van der Waals surface area contributed by atoms with Crippen LogP contribution in [0.1, 0.15) is 0 Å². The van der Waals surface area contributed by atoms with Crippen molar-refractivity contribution in [2.45, 2.75) is 5.51 Å². The van der Waals surface area contributed by atoms with E-state index in [1.54, 1.807) is 0 Å². The molecule has 0 spiro atoms. The normalized spacial score (nSPS) is 12.4. The summed E-state index contributed by atoms with van der Waals surface area (Å²) in [6, 6.07) is 0. The first-order chi connectivity index (χ1) is 3.25. The van der Waals surface area contributed by atoms with Crippen molar-refractivity contribution in [3.8, 4) is 0 Å². The molecule has 0 aliphatic carbocycles. The van der Waals surface area contributed by atoms with E-state index in [4.69, 9.17) is 13.0 Å². The van der Waals surface area contributed by atoms with E-state index in [2.05, 4.69) is 0 Å². The van der Waals surface area contributed by atoms with Gasteiger partial charge in [-0.2, -0.15) is 21.6 Å². The number of halogens is 3. The van der Waals surface area contributed by atoms with Gasteiger partial charge in [0.15, 0.2) is 0 Å². The fraction of sp³-hybridized carbons (Fsp3) is 1.00. The Balaban J connectivity index is 0. The number of alkyl halides is 3. The smallest absolute Gasteiger partial charge is 0.279 e. The van der Waals surface area contributed by atoms with Gasteiger partial charge in [0.25, 0.3) is 0 Å². The van der Waals surface area contributed by atoms with Crippen LogP contribution in [0.25, 0.3) is 0 Å². The average molecular weight is 253 g/mol. The number of hydrogen-bond acceptors (Lipinski definition) is 2. The summed E-state index contributed by atoms with van der Waals surface area (Å²) in [5, 5.41) is 0. The Hall–Kier alpha value is 0.323. The summed E-state index contributed by atoms with van der Waals surface area (Å²) in [6.45, 7) is 0. The van der Waals surface area contributed by atoms with Crippen LogP contribution >= 0.6 is 0 Å². The maximum absolute atomic E-state index is 10.7. The van der Waals surface area contributed by atoms with Crippen LogP contribution in [0.15, 0.2) is 0 Å². The van der Waals surface area contributed by atoms with Crippen molar-refractivity contribution >= 4 is 10.1 Å². The van der Waals surface area contributed by atoms with Gasteiger partial charge >= 0.3 is 15.6 Å². The Labute approximate surface area is 61.7 Å². The first-order valence-corrected chi connectivity index (χ1v) is 2.73. The van der Waals surface area contributed by atoms with Gasteiger partial charge in [-0.25, -0.2) is 0 Å². The van der Waals surface area contributed by atoms with E-state index in [1.807, 2.05) is 0 Å². The maximum Gasteiger partial charge on any atom is 0.522 e. The van der Waals surface area contributed by atoms with E-state index >= 15 is 0 Å². The molecular formula is CHF3O3RhS. The second-order valence-corrected chi connectivity index (χ2v) is 2.33. The van der Waals surface area contributed by atoms with Crippen LogP contribution in [0.4, 0.5) is 13.2 Å². The summed E-state index contributed by atoms with van der Waals surface area (Å²) in [5.41, 5.74) is -5.53. The zero-order chi connectivity index (χ0) is 7.00. The molecule has 0 saturated heterocycles. The SMILES string of the molecule is O=S(=O)(O)C(F)(F)F.[Rh]. The van der Waals surface area contributed by atoms with Gasteiger partial charge in [-0.1, -0.05) is 0 Å². The molecule has 0 aromatic rings. The molecule has 1 radical (unpaired) electrons. The summed E-state index contributed by atoms with van der Waals surface area (Å²) < 4.78 is 57.5. The summed E-state index contributed by atoms with van der Waals surface area (Å²) >= 11 is 0. The largest absolute Gasteiger partial charge is 0.522 e. The molecule has 0 bridgehead atoms. The van der Waals surface area contributed by atoms with E-state index in [0.717, 1.165) is 0 Å². The quantitative estimate of drug-likeness (QED) is 0.386. The molecule has 0 unspecified atom stereocenters. The Kier molecular flexibility index (Phi) is 3.93. The van der Waals surface area contributed by atoms with Gasteiger partial charge in [0, 0.05) is 19.5 Å². The van der Waals surface area contributed by atoms with E-state index in [0.29, 0.717) is 0 Å². The molecule has 1 N–H and O–H groups in total. The Morgan fingerprint density at radius 1 is 1.22 bits per heavy atom. The van der Waals surface area contributed by atoms with Gasteiger partial charge in [-0.05, 0) is 0 Å². The van der Waals surface area contributed by atoms with Crippen molar-refractivity contribution in [1.82, 2.24) is 0 Å². The minimum Gasteiger partial charge on any atom is -0.279 e. The summed E-state index contributed by atoms with van der Waals surface area (Å²) in [4.78, 5) is 0. The second kappa shape index (κ2) is 2.94. The molecule has 0 aliphatic rings. The van der Waals surface area contributed by atoms with E-state index in [-0.39, 0.29) is 19.5 Å². The minimum atomic E-state index is -5.84. The van der Waals surface area contributed by atoms with Crippen LogP contribution in [0.3, 0.4) is 0 Å². The van der Waals surface area contributed by atoms with Crippen molar-refractivity contribution in [2.75, 3.05) is 0 Å². The third kappa shape index (κ3) is 3.83. The van der Waals surface area contributed by atoms with Crippen molar-refractivity contribution < 1.29 is 45.6 Å². The average Bonchev–Trinajstić information content (AvgIpc) is 1.25. The Morgan fingerprint density at radius 3 is 1.33 bits per heavy atom. The van der Waals surface area contributed by atoms with E-state index < -0.39 is 15.6 Å². The first kappa shape index (κ1) is 12.0. The monoisotopic (exact) mass is 253 g/mol. The van der Waals surface area contributed by atoms with E-state index in [9.17, 15) is 13.2 Å². The molecule has 0 aliphatic heterocycles. The molecule has 0 rings (SSSR count). The molecule has 3 nitrogen and oxygen atoms in total. The van der Waals surface area contributed by atoms with E-state index in [1.165, 1.54) is 0 Å². The molecule has 0 atom stereocenters. The van der Waals surface area contributed by atoms with Crippen LogP contribution in [0, 0.1) is 0 Å². The van der Waals surface area contributed by atoms with Crippen molar-refractivity contribution in [1.29, 1.82) is 0 Å². The molecule has 0 fully saturated rings. The van der Waals surface area contributed by atoms with Crippen LogP contribution in [-0.2, 0) is 29.6 Å². The summed E-state index contributed by atoms with van der Waals surface area (Å²) in [5.74, 6) is 0. The third-order valence-electron chi connectivity index (χ3n) is 0.292. The first-order valence-electron chi connectivity index (χ1n) is 1.29. The van der Waals surface area contributed by atoms with Crippen molar-refractivity contribution in [3.63, 3.8) is 0 Å². The molecule has 9 heavy (non-hydrogen) atoms. The van der Waals surface area contributed by atoms with Crippen LogP contribution in [-0.4, -0.2) is 18.5 Å². The van der Waals surface area contributed by atoms with Crippen LogP contribution in [0.2, 0.25) is 0 Å². The van der Waals surface area contributed by atoms with Crippen molar-refractivity contribution in [2.24, 2.45) is 0 Å². The van der Waals surface area contributed by atoms with Gasteiger partial charge < -0.3 is 0 Å². The molecule has 8 heteroatoms. The van der Waals surface area contributed by atoms with Gasteiger partial charge in [0.1, 0.15) is 0 Å². The molecule has 59 valence electrons. The number of hydrogen-bond donors (Lipinski definition) is 1. The molecule has 0 aromatic carbocycles. The van der Waals surface area contributed by atoms with Gasteiger partial charge in [-0.3, -0.25) is 4.55 Å². The second-order valence-electron chi connectivity index (χ2n) is 0.921. The third-order valence-corrected chi connectivity index (χ3v) is 0.877. The molecule has 0 saturated carbocycles. The zero-order valence-electron chi connectivity index (χ0n) is 3.64. The number of rotatable bonds is 0. The Morgan fingerprint density at radius 2 is 1.33 bits per heavy atom. The fourth-order valence-electron chi connectivity index (χ4n) is 0. The van der Waals surface area contributed by atoms with Crippen LogP contribution in [0.5, 0.6) is 0 Å². The predicted molar refractivity (Wildman–Crippen MR) is 17.6 cm³/mol. The summed E-state index contributed by atoms with van der Waals surface area (Å²) in [6.07, 6.45) is 0. The predicted octanol–water partition coefficient (Wildman–Crippen LogP) is 0.392. The Bertz CT molecular complexity index is 168. The topological polar surface area (TPSA) is 54.4 Å². The maximum atomic E-state index is 10.7. The van der Waals surface area contributed by atoms with Crippen molar-refractivity contribution in [3.05, 3.63) is 0 Å². The molecular weight excluding hydrogens is 252 g/mol. The van der Waals surface area contributed by atoms with Crippen LogP contribution < -0.4 is 0 Å². The molecule has 0 amide bonds. The van der Waals surface area contributed by atoms with Gasteiger partial charge in [0.05, 0.1) is 0 Å². The standard InChI is InChI=1S/CHF3O3S.Rh/c2-1(3,4)8(5,6)7;/h(H,5,6,7);. The van der Waals surface area contributed by atoms with Gasteiger partial charge in [-0.15, -0.1) is 0 Å². The molecule has 0 heterocycles. The molecule has 0 aromatic heterocycles. The zero-order valence-corrected chi connectivity index (χ0v) is 6.09. The minimum absolute atomic E-state index is 0.